The fourth-order valence-corrected chi connectivity index (χ4v) is 2.71. The van der Waals surface area contributed by atoms with Gasteiger partial charge >= 0.3 is 35.6 Å². The molecule has 26 heavy (non-hydrogen) atoms. The molecule has 0 aliphatic carbocycles. The van der Waals surface area contributed by atoms with Gasteiger partial charge in [0.1, 0.15) is 0 Å². The third kappa shape index (κ3) is 11.1. The van der Waals surface area contributed by atoms with Crippen LogP contribution >= 0.6 is 18.6 Å². The number of fused-ring (bicyclic) bond motifs is 1. The van der Waals surface area contributed by atoms with Crippen LogP contribution in [0.3, 0.4) is 0 Å². The zero-order valence-electron chi connectivity index (χ0n) is 16.9. The van der Waals surface area contributed by atoms with Crippen molar-refractivity contribution in [1.29, 1.82) is 0 Å². The number of nitrogens with zero attached hydrogens (tertiary/aromatic N) is 1. The Labute approximate surface area is 179 Å². The van der Waals surface area contributed by atoms with Gasteiger partial charge in [0, 0.05) is 22.6 Å². The van der Waals surface area contributed by atoms with E-state index in [4.69, 9.17) is 24.3 Å². The van der Waals surface area contributed by atoms with Crippen molar-refractivity contribution in [2.24, 2.45) is 0 Å². The summed E-state index contributed by atoms with van der Waals surface area (Å²) in [5.74, 6) is 0. The number of hydrogen-bond donors (Lipinski definition) is 0. The van der Waals surface area contributed by atoms with Gasteiger partial charge in [-0.25, -0.2) is 0 Å². The van der Waals surface area contributed by atoms with Crippen molar-refractivity contribution in [3.63, 3.8) is 0 Å². The van der Waals surface area contributed by atoms with Crippen LogP contribution in [0, 0.1) is 6.92 Å². The van der Waals surface area contributed by atoms with Crippen LogP contribution in [0.2, 0.25) is 13.1 Å². The summed E-state index contributed by atoms with van der Waals surface area (Å²) in [4.78, 5) is 2.54. The number of rotatable bonds is 1. The van der Waals surface area contributed by atoms with E-state index < -0.39 is 17.0 Å². The van der Waals surface area contributed by atoms with Gasteiger partial charge in [-0.1, -0.05) is 52.5 Å². The predicted octanol–water partition coefficient (Wildman–Crippen LogP) is 7.47. The van der Waals surface area contributed by atoms with Gasteiger partial charge < -0.3 is 10.6 Å². The van der Waals surface area contributed by atoms with Crippen molar-refractivity contribution < 1.29 is 17.0 Å². The van der Waals surface area contributed by atoms with Crippen LogP contribution in [-0.2, 0) is 17.0 Å². The van der Waals surface area contributed by atoms with E-state index in [9.17, 15) is 0 Å². The van der Waals surface area contributed by atoms with Crippen LogP contribution in [0.5, 0.6) is 0 Å². The van der Waals surface area contributed by atoms with Gasteiger partial charge in [0.2, 0.25) is 0 Å². The van der Waals surface area contributed by atoms with E-state index in [1.54, 1.807) is 0 Å². The quantitative estimate of drug-likeness (QED) is 0.329. The van der Waals surface area contributed by atoms with Gasteiger partial charge in [-0.2, -0.15) is 0 Å². The molecule has 1 N–H and O–H groups in total. The molecular formula is C20H32Cl2N2SiTi-2. The normalized spacial score (nSPS) is 13.0. The van der Waals surface area contributed by atoms with Crippen molar-refractivity contribution >= 4 is 44.6 Å². The molecule has 0 amide bonds. The Morgan fingerprint density at radius 1 is 1.12 bits per heavy atom. The molecule has 2 aromatic carbocycles. The van der Waals surface area contributed by atoms with Gasteiger partial charge in [-0.15, -0.1) is 46.1 Å². The summed E-state index contributed by atoms with van der Waals surface area (Å²) >= 11 is -0.556. The van der Waals surface area contributed by atoms with Crippen molar-refractivity contribution in [2.45, 2.75) is 59.2 Å². The summed E-state index contributed by atoms with van der Waals surface area (Å²) in [5, 5.41) is 2.81. The third-order valence-corrected chi connectivity index (χ3v) is 3.38. The molecule has 2 aromatic rings. The van der Waals surface area contributed by atoms with E-state index in [2.05, 4.69) is 55.2 Å². The zero-order valence-corrected chi connectivity index (χ0v) is 21.0. The van der Waals surface area contributed by atoms with Crippen LogP contribution in [0.15, 0.2) is 30.3 Å². The SMILES string of the molecule is CC(C)(C)[NH-].C[Si]C.Cc1[cH-]c2ccccc2c1N1CCCC1.[Cl][Ti][Cl]. The predicted molar refractivity (Wildman–Crippen MR) is 119 cm³/mol. The first-order valence-electron chi connectivity index (χ1n) is 8.89. The Hall–Kier alpha value is 0.101. The summed E-state index contributed by atoms with van der Waals surface area (Å²) in [6.45, 7) is 14.6. The molecule has 2 nitrogen and oxygen atoms in total. The molecule has 1 saturated heterocycles. The standard InChI is InChI=1S/C14H16N.C4H10N.C2H6Si.2ClH.Ti/c1-11-10-12-6-2-3-7-13(12)14(11)15-8-4-5-9-15;1-4(2,3)5;1-3-2;;;/h2-3,6-7,10H,4-5,8-9H2,1H3;5H,1-3H3;1-2H3;2*1H;/q2*-1;;;;+2/p-2. The molecule has 0 spiro atoms. The number of benzene rings is 1. The van der Waals surface area contributed by atoms with Crippen LogP contribution < -0.4 is 4.90 Å². The Morgan fingerprint density at radius 2 is 1.54 bits per heavy atom. The van der Waals surface area contributed by atoms with E-state index in [1.807, 2.05) is 20.8 Å². The fraction of sp³-hybridized carbons (Fsp3) is 0.550. The number of aryl methyl sites for hydroxylation is 1. The molecule has 1 heterocycles. The third-order valence-electron chi connectivity index (χ3n) is 3.38. The minimum absolute atomic E-state index is 0.250. The second kappa shape index (κ2) is 14.1. The van der Waals surface area contributed by atoms with Crippen LogP contribution in [0.1, 0.15) is 39.2 Å². The van der Waals surface area contributed by atoms with E-state index in [0.29, 0.717) is 0 Å². The zero-order chi connectivity index (χ0) is 20.2. The summed E-state index contributed by atoms with van der Waals surface area (Å²) in [6.07, 6.45) is 2.69. The number of nitrogens with one attached hydrogen (secondary N) is 1. The van der Waals surface area contributed by atoms with Crippen molar-refractivity contribution in [1.82, 2.24) is 0 Å². The molecule has 0 aromatic heterocycles. The molecule has 0 bridgehead atoms. The first kappa shape index (κ1) is 26.1. The summed E-state index contributed by atoms with van der Waals surface area (Å²) < 4.78 is 0. The molecule has 1 aliphatic heterocycles. The Bertz CT molecular complexity index is 597. The summed E-state index contributed by atoms with van der Waals surface area (Å²) in [6, 6.07) is 11.0. The monoisotopic (exact) mass is 446 g/mol. The van der Waals surface area contributed by atoms with Crippen molar-refractivity contribution in [3.8, 4) is 0 Å². The first-order valence-corrected chi connectivity index (χ1v) is 15.2. The molecule has 0 saturated carbocycles. The van der Waals surface area contributed by atoms with E-state index in [1.165, 1.54) is 48.0 Å². The van der Waals surface area contributed by atoms with Crippen LogP contribution in [0.25, 0.3) is 16.5 Å². The van der Waals surface area contributed by atoms with Gasteiger partial charge in [0.05, 0.1) is 0 Å². The van der Waals surface area contributed by atoms with Crippen LogP contribution in [0.4, 0.5) is 5.69 Å². The molecule has 6 heteroatoms. The maximum absolute atomic E-state index is 6.94. The van der Waals surface area contributed by atoms with Gasteiger partial charge in [-0.05, 0) is 12.8 Å². The Kier molecular flexibility index (Phi) is 14.2. The van der Waals surface area contributed by atoms with Crippen LogP contribution in [-0.4, -0.2) is 28.1 Å². The number of halogens is 2. The summed E-state index contributed by atoms with van der Waals surface area (Å²) in [7, 11) is 10.9. The van der Waals surface area contributed by atoms with Gasteiger partial charge in [0.15, 0.2) is 0 Å². The number of hydrogen-bond acceptors (Lipinski definition) is 1. The topological polar surface area (TPSA) is 27.0 Å². The fourth-order valence-electron chi connectivity index (χ4n) is 2.71. The minimum atomic E-state index is -0.556. The maximum atomic E-state index is 6.94. The van der Waals surface area contributed by atoms with E-state index in [-0.39, 0.29) is 5.54 Å². The van der Waals surface area contributed by atoms with E-state index in [0.717, 1.165) is 9.52 Å². The Morgan fingerprint density at radius 3 is 2.00 bits per heavy atom. The Balaban J connectivity index is 0.000000477. The average molecular weight is 447 g/mol. The van der Waals surface area contributed by atoms with Gasteiger partial charge in [0.25, 0.3) is 0 Å². The van der Waals surface area contributed by atoms with E-state index >= 15 is 0 Å². The summed E-state index contributed by atoms with van der Waals surface area (Å²) in [5.41, 5.74) is 9.59. The van der Waals surface area contributed by atoms with Gasteiger partial charge in [-0.3, -0.25) is 0 Å². The molecule has 0 unspecified atom stereocenters. The molecule has 1 fully saturated rings. The second-order valence-electron chi connectivity index (χ2n) is 7.28. The molecule has 2 radical (unpaired) electrons. The van der Waals surface area contributed by atoms with Crippen molar-refractivity contribution in [2.75, 3.05) is 18.0 Å². The average Bonchev–Trinajstić information content (AvgIpc) is 3.13. The van der Waals surface area contributed by atoms with Crippen molar-refractivity contribution in [3.05, 3.63) is 41.6 Å². The molecule has 3 rings (SSSR count). The molecule has 146 valence electrons. The number of anilines is 1. The molecule has 0 atom stereocenters. The molecule has 1 aliphatic rings. The second-order valence-corrected chi connectivity index (χ2v) is 10.9. The molecular weight excluding hydrogens is 415 g/mol. The first-order chi connectivity index (χ1) is 12.2.